The van der Waals surface area contributed by atoms with Crippen LogP contribution in [0.5, 0.6) is 11.5 Å². The van der Waals surface area contributed by atoms with E-state index in [1.54, 1.807) is 49.4 Å². The summed E-state index contributed by atoms with van der Waals surface area (Å²) in [6.45, 7) is 1.91. The van der Waals surface area contributed by atoms with E-state index < -0.39 is 5.91 Å². The molecule has 8 heteroatoms. The van der Waals surface area contributed by atoms with Crippen LogP contribution in [0.25, 0.3) is 6.08 Å². The van der Waals surface area contributed by atoms with Crippen molar-refractivity contribution in [3.63, 3.8) is 0 Å². The maximum atomic E-state index is 13.4. The van der Waals surface area contributed by atoms with E-state index in [2.05, 4.69) is 21.2 Å². The number of carbonyl (C=O) groups excluding carboxylic acids is 1. The number of hydrogen-bond donors (Lipinski definition) is 1. The highest BCUT2D eigenvalue weighted by Gasteiger charge is 2.15. The first kappa shape index (κ1) is 24.3. The molecule has 1 amide bonds. The zero-order valence-corrected chi connectivity index (χ0v) is 20.1. The van der Waals surface area contributed by atoms with Crippen LogP contribution < -0.4 is 14.8 Å². The molecule has 0 heterocycles. The molecule has 0 aliphatic heterocycles. The normalized spacial score (nSPS) is 11.0. The Morgan fingerprint density at radius 2 is 1.97 bits per heavy atom. The molecule has 0 aliphatic rings. The van der Waals surface area contributed by atoms with Gasteiger partial charge in [-0.25, -0.2) is 4.39 Å². The Kier molecular flexibility index (Phi) is 8.10. The summed E-state index contributed by atoms with van der Waals surface area (Å²) >= 11 is 9.54. The predicted octanol–water partition coefficient (Wildman–Crippen LogP) is 6.68. The van der Waals surface area contributed by atoms with Gasteiger partial charge in [-0.15, -0.1) is 0 Å². The van der Waals surface area contributed by atoms with Gasteiger partial charge in [0.15, 0.2) is 11.5 Å². The molecule has 0 aliphatic carbocycles. The van der Waals surface area contributed by atoms with Gasteiger partial charge in [0.1, 0.15) is 24.1 Å². The van der Waals surface area contributed by atoms with Crippen LogP contribution >= 0.6 is 27.5 Å². The maximum absolute atomic E-state index is 13.4. The minimum atomic E-state index is -0.569. The Morgan fingerprint density at radius 1 is 1.21 bits per heavy atom. The SMILES string of the molecule is COc1cc(/C=C(\C#N)C(=O)Nc2cccc(Cl)c2C)c(Br)cc1OCc1cccc(F)c1. The lowest BCUT2D eigenvalue weighted by Crippen LogP contribution is -2.14. The molecule has 0 unspecified atom stereocenters. The second kappa shape index (κ2) is 11.0. The number of benzene rings is 3. The monoisotopic (exact) mass is 528 g/mol. The van der Waals surface area contributed by atoms with Crippen LogP contribution in [0.3, 0.4) is 0 Å². The van der Waals surface area contributed by atoms with Crippen LogP contribution in [0.1, 0.15) is 16.7 Å². The lowest BCUT2D eigenvalue weighted by atomic mass is 10.1. The van der Waals surface area contributed by atoms with E-state index in [9.17, 15) is 14.4 Å². The Labute approximate surface area is 204 Å². The van der Waals surface area contributed by atoms with Crippen LogP contribution in [0.2, 0.25) is 5.02 Å². The third-order valence-corrected chi connectivity index (χ3v) is 5.84. The number of hydrogen-bond acceptors (Lipinski definition) is 4. The molecule has 0 saturated heterocycles. The highest BCUT2D eigenvalue weighted by atomic mass is 79.9. The summed E-state index contributed by atoms with van der Waals surface area (Å²) in [6, 6.07) is 16.5. The van der Waals surface area contributed by atoms with Gasteiger partial charge in [-0.1, -0.05) is 45.7 Å². The molecule has 168 valence electrons. The Balaban J connectivity index is 1.84. The number of nitriles is 1. The zero-order valence-electron chi connectivity index (χ0n) is 17.8. The van der Waals surface area contributed by atoms with Gasteiger partial charge in [0, 0.05) is 15.2 Å². The van der Waals surface area contributed by atoms with Crippen molar-refractivity contribution in [1.82, 2.24) is 0 Å². The van der Waals surface area contributed by atoms with Crippen LogP contribution in [0.15, 0.2) is 64.6 Å². The number of nitrogens with zero attached hydrogens (tertiary/aromatic N) is 1. The highest BCUT2D eigenvalue weighted by molar-refractivity contribution is 9.10. The van der Waals surface area contributed by atoms with E-state index in [1.165, 1.54) is 25.3 Å². The molecule has 0 fully saturated rings. The molecule has 3 aromatic rings. The highest BCUT2D eigenvalue weighted by Crippen LogP contribution is 2.35. The van der Waals surface area contributed by atoms with E-state index >= 15 is 0 Å². The summed E-state index contributed by atoms with van der Waals surface area (Å²) in [5, 5.41) is 12.8. The molecule has 5 nitrogen and oxygen atoms in total. The predicted molar refractivity (Wildman–Crippen MR) is 130 cm³/mol. The first-order chi connectivity index (χ1) is 15.8. The molecular formula is C25H19BrClFN2O3. The number of methoxy groups -OCH3 is 1. The topological polar surface area (TPSA) is 71.3 Å². The second-order valence-corrected chi connectivity index (χ2v) is 8.24. The Bertz CT molecular complexity index is 1270. The second-order valence-electron chi connectivity index (χ2n) is 6.98. The van der Waals surface area contributed by atoms with Crippen molar-refractivity contribution >= 4 is 45.2 Å². The van der Waals surface area contributed by atoms with Gasteiger partial charge in [0.2, 0.25) is 0 Å². The van der Waals surface area contributed by atoms with Gasteiger partial charge in [-0.2, -0.15) is 5.26 Å². The Morgan fingerprint density at radius 3 is 2.67 bits per heavy atom. The van der Waals surface area contributed by atoms with E-state index in [-0.39, 0.29) is 18.0 Å². The number of rotatable bonds is 7. The maximum Gasteiger partial charge on any atom is 0.266 e. The van der Waals surface area contributed by atoms with Gasteiger partial charge < -0.3 is 14.8 Å². The molecule has 0 aromatic heterocycles. The first-order valence-corrected chi connectivity index (χ1v) is 10.9. The minimum Gasteiger partial charge on any atom is -0.493 e. The number of amides is 1. The summed E-state index contributed by atoms with van der Waals surface area (Å²) in [4.78, 5) is 12.7. The summed E-state index contributed by atoms with van der Waals surface area (Å²) in [5.74, 6) is -0.104. The van der Waals surface area contributed by atoms with Gasteiger partial charge in [-0.05, 0) is 66.1 Å². The van der Waals surface area contributed by atoms with Crippen LogP contribution in [0, 0.1) is 24.1 Å². The van der Waals surface area contributed by atoms with Crippen molar-refractivity contribution < 1.29 is 18.7 Å². The summed E-state index contributed by atoms with van der Waals surface area (Å²) < 4.78 is 25.2. The molecule has 0 bridgehead atoms. The molecular weight excluding hydrogens is 511 g/mol. The summed E-state index contributed by atoms with van der Waals surface area (Å²) in [5.41, 5.74) is 2.32. The van der Waals surface area contributed by atoms with Crippen molar-refractivity contribution in [3.05, 3.63) is 92.2 Å². The van der Waals surface area contributed by atoms with Crippen molar-refractivity contribution in [2.24, 2.45) is 0 Å². The molecule has 3 aromatic carbocycles. The van der Waals surface area contributed by atoms with E-state index in [1.807, 2.05) is 6.07 Å². The third kappa shape index (κ3) is 6.13. The van der Waals surface area contributed by atoms with Crippen LogP contribution in [-0.4, -0.2) is 13.0 Å². The molecule has 33 heavy (non-hydrogen) atoms. The fraction of sp³-hybridized carbons (Fsp3) is 0.120. The van der Waals surface area contributed by atoms with Crippen molar-refractivity contribution in [3.8, 4) is 17.6 Å². The van der Waals surface area contributed by atoms with E-state index in [0.29, 0.717) is 43.4 Å². The van der Waals surface area contributed by atoms with Crippen molar-refractivity contribution in [1.29, 1.82) is 5.26 Å². The fourth-order valence-corrected chi connectivity index (χ4v) is 3.57. The number of anilines is 1. The lowest BCUT2D eigenvalue weighted by Gasteiger charge is -2.13. The molecule has 3 rings (SSSR count). The van der Waals surface area contributed by atoms with Crippen molar-refractivity contribution in [2.75, 3.05) is 12.4 Å². The Hall–Kier alpha value is -3.34. The largest absolute Gasteiger partial charge is 0.493 e. The molecule has 0 saturated carbocycles. The quantitative estimate of drug-likeness (QED) is 0.274. The summed E-state index contributed by atoms with van der Waals surface area (Å²) in [6.07, 6.45) is 1.44. The van der Waals surface area contributed by atoms with Gasteiger partial charge >= 0.3 is 0 Å². The van der Waals surface area contributed by atoms with Gasteiger partial charge in [0.25, 0.3) is 5.91 Å². The number of nitrogens with one attached hydrogen (secondary N) is 1. The van der Waals surface area contributed by atoms with Crippen molar-refractivity contribution in [2.45, 2.75) is 13.5 Å². The number of halogens is 3. The first-order valence-electron chi connectivity index (χ1n) is 9.75. The van der Waals surface area contributed by atoms with Crippen LogP contribution in [0.4, 0.5) is 10.1 Å². The van der Waals surface area contributed by atoms with Crippen LogP contribution in [-0.2, 0) is 11.4 Å². The molecule has 0 spiro atoms. The smallest absolute Gasteiger partial charge is 0.266 e. The van der Waals surface area contributed by atoms with Gasteiger partial charge in [0.05, 0.1) is 7.11 Å². The van der Waals surface area contributed by atoms with E-state index in [4.69, 9.17) is 21.1 Å². The fourth-order valence-electron chi connectivity index (χ4n) is 2.96. The molecule has 0 atom stereocenters. The standard InChI is InChI=1S/C25H19BrClFN2O3/c1-15-21(27)7-4-8-22(15)30-25(31)18(13-29)10-17-11-23(32-2)24(12-20(17)26)33-14-16-5-3-6-19(28)9-16/h3-12H,14H2,1-2H3,(H,30,31)/b18-10+. The third-order valence-electron chi connectivity index (χ3n) is 4.75. The molecule has 0 radical (unpaired) electrons. The number of ether oxygens (including phenoxy) is 2. The lowest BCUT2D eigenvalue weighted by molar-refractivity contribution is -0.112. The zero-order chi connectivity index (χ0) is 24.0. The average Bonchev–Trinajstić information content (AvgIpc) is 2.80. The van der Waals surface area contributed by atoms with E-state index in [0.717, 1.165) is 0 Å². The average molecular weight is 530 g/mol. The minimum absolute atomic E-state index is 0.106. The van der Waals surface area contributed by atoms with Gasteiger partial charge in [-0.3, -0.25) is 4.79 Å². The summed E-state index contributed by atoms with van der Waals surface area (Å²) in [7, 11) is 1.48. The molecule has 1 N–H and O–H groups in total. The number of carbonyl (C=O) groups is 1.